The maximum absolute atomic E-state index is 12.0. The minimum atomic E-state index is -0.514. The number of carbonyl (C=O) groups excluding carboxylic acids is 3. The highest BCUT2D eigenvalue weighted by molar-refractivity contribution is 6.19. The van der Waals surface area contributed by atoms with Crippen LogP contribution in [0.1, 0.15) is 32.1 Å². The average molecular weight is 267 g/mol. The lowest BCUT2D eigenvalue weighted by atomic mass is 9.93. The Balaban J connectivity index is 1.91. The van der Waals surface area contributed by atoms with E-state index in [4.69, 9.17) is 5.11 Å². The number of hydrogen-bond acceptors (Lipinski definition) is 5. The van der Waals surface area contributed by atoms with E-state index in [1.165, 1.54) is 0 Å². The molecule has 2 amide bonds. The lowest BCUT2D eigenvalue weighted by molar-refractivity contribution is -0.146. The van der Waals surface area contributed by atoms with Gasteiger partial charge in [0, 0.05) is 17.7 Å². The molecule has 1 heterocycles. The Hall–Kier alpha value is -1.69. The monoisotopic (exact) mass is 267 g/mol. The third kappa shape index (κ3) is 2.84. The summed E-state index contributed by atoms with van der Waals surface area (Å²) in [6.07, 6.45) is 3.16. The van der Waals surface area contributed by atoms with Crippen molar-refractivity contribution in [3.63, 3.8) is 0 Å². The molecule has 2 rings (SSSR count). The molecule has 0 aromatic heterocycles. The zero-order valence-electron chi connectivity index (χ0n) is 10.7. The van der Waals surface area contributed by atoms with Crippen LogP contribution in [-0.2, 0) is 19.1 Å². The van der Waals surface area contributed by atoms with Crippen molar-refractivity contribution in [1.29, 1.82) is 0 Å². The summed E-state index contributed by atoms with van der Waals surface area (Å²) in [4.78, 5) is 36.5. The normalized spacial score (nSPS) is 18.9. The van der Waals surface area contributed by atoms with Crippen LogP contribution in [0, 0.1) is 0 Å². The Kier molecular flexibility index (Phi) is 4.31. The van der Waals surface area contributed by atoms with Crippen molar-refractivity contribution in [2.45, 2.75) is 32.1 Å². The number of aliphatic hydroxyl groups excluding tert-OH is 1. The molecule has 1 aliphatic carbocycles. The largest absolute Gasteiger partial charge is 0.463 e. The fraction of sp³-hybridized carbons (Fsp3) is 0.615. The molecule has 0 saturated heterocycles. The van der Waals surface area contributed by atoms with E-state index in [-0.39, 0.29) is 38.0 Å². The first kappa shape index (κ1) is 13.7. The van der Waals surface area contributed by atoms with Crippen LogP contribution in [0.2, 0.25) is 0 Å². The molecule has 0 aromatic carbocycles. The predicted octanol–water partition coefficient (Wildman–Crippen LogP) is 0.151. The van der Waals surface area contributed by atoms with Gasteiger partial charge in [0.1, 0.15) is 6.61 Å². The van der Waals surface area contributed by atoms with Crippen molar-refractivity contribution < 1.29 is 24.2 Å². The molecule has 0 unspecified atom stereocenters. The maximum atomic E-state index is 12.0. The summed E-state index contributed by atoms with van der Waals surface area (Å²) in [6, 6.07) is 0. The number of hydrogen-bond donors (Lipinski definition) is 1. The van der Waals surface area contributed by atoms with E-state index in [0.717, 1.165) is 17.7 Å². The molecular formula is C13H17NO5. The highest BCUT2D eigenvalue weighted by Crippen LogP contribution is 2.32. The van der Waals surface area contributed by atoms with Gasteiger partial charge >= 0.3 is 5.97 Å². The highest BCUT2D eigenvalue weighted by atomic mass is 16.5. The van der Waals surface area contributed by atoms with Crippen LogP contribution < -0.4 is 0 Å². The molecule has 0 bridgehead atoms. The zero-order valence-corrected chi connectivity index (χ0v) is 10.7. The van der Waals surface area contributed by atoms with Crippen LogP contribution in [0.5, 0.6) is 0 Å². The van der Waals surface area contributed by atoms with E-state index >= 15 is 0 Å². The maximum Gasteiger partial charge on any atom is 0.307 e. The van der Waals surface area contributed by atoms with Gasteiger partial charge in [-0.3, -0.25) is 19.3 Å². The Morgan fingerprint density at radius 1 is 1.16 bits per heavy atom. The van der Waals surface area contributed by atoms with Gasteiger partial charge in [-0.15, -0.1) is 0 Å². The molecule has 0 spiro atoms. The lowest BCUT2D eigenvalue weighted by Gasteiger charge is -2.14. The van der Waals surface area contributed by atoms with Crippen LogP contribution in [-0.4, -0.2) is 47.5 Å². The molecule has 1 N–H and O–H groups in total. The Morgan fingerprint density at radius 2 is 1.74 bits per heavy atom. The summed E-state index contributed by atoms with van der Waals surface area (Å²) in [5, 5.41) is 8.52. The number of imide groups is 1. The van der Waals surface area contributed by atoms with E-state index in [2.05, 4.69) is 4.74 Å². The number of nitrogens with zero attached hydrogens (tertiary/aromatic N) is 1. The summed E-state index contributed by atoms with van der Waals surface area (Å²) in [5.41, 5.74) is 1.25. The molecule has 1 aliphatic heterocycles. The highest BCUT2D eigenvalue weighted by Gasteiger charge is 2.38. The van der Waals surface area contributed by atoms with Gasteiger partial charge < -0.3 is 9.84 Å². The average Bonchev–Trinajstić information content (AvgIpc) is 2.67. The first-order valence-electron chi connectivity index (χ1n) is 6.50. The molecule has 0 radical (unpaired) electrons. The smallest absolute Gasteiger partial charge is 0.307 e. The fourth-order valence-electron chi connectivity index (χ4n) is 2.43. The van der Waals surface area contributed by atoms with Crippen molar-refractivity contribution >= 4 is 17.8 Å². The topological polar surface area (TPSA) is 83.9 Å². The van der Waals surface area contributed by atoms with Gasteiger partial charge in [0.2, 0.25) is 0 Å². The van der Waals surface area contributed by atoms with Gasteiger partial charge in [-0.2, -0.15) is 0 Å². The molecule has 0 aromatic rings. The predicted molar refractivity (Wildman–Crippen MR) is 64.9 cm³/mol. The summed E-state index contributed by atoms with van der Waals surface area (Å²) in [7, 11) is 0. The number of rotatable bonds is 5. The second kappa shape index (κ2) is 5.97. The minimum Gasteiger partial charge on any atom is -0.463 e. The van der Waals surface area contributed by atoms with E-state index in [9.17, 15) is 14.4 Å². The molecule has 2 aliphatic rings. The van der Waals surface area contributed by atoms with E-state index in [0.29, 0.717) is 24.0 Å². The van der Waals surface area contributed by atoms with Crippen molar-refractivity contribution in [2.24, 2.45) is 0 Å². The number of ether oxygens (including phenoxy) is 1. The van der Waals surface area contributed by atoms with E-state index in [1.54, 1.807) is 0 Å². The van der Waals surface area contributed by atoms with Crippen molar-refractivity contribution in [1.82, 2.24) is 4.90 Å². The van der Waals surface area contributed by atoms with Crippen LogP contribution in [0.15, 0.2) is 11.1 Å². The molecule has 0 fully saturated rings. The molecule has 0 atom stereocenters. The van der Waals surface area contributed by atoms with Crippen LogP contribution in [0.4, 0.5) is 0 Å². The third-order valence-corrected chi connectivity index (χ3v) is 3.37. The van der Waals surface area contributed by atoms with Gasteiger partial charge in [-0.25, -0.2) is 0 Å². The second-order valence-corrected chi connectivity index (χ2v) is 4.62. The van der Waals surface area contributed by atoms with E-state index in [1.807, 2.05) is 0 Å². The van der Waals surface area contributed by atoms with Gasteiger partial charge in [0.05, 0.1) is 13.0 Å². The Bertz CT molecular complexity index is 412. The van der Waals surface area contributed by atoms with Crippen molar-refractivity contribution in [3.8, 4) is 0 Å². The molecule has 6 nitrogen and oxygen atoms in total. The lowest BCUT2D eigenvalue weighted by Crippen LogP contribution is -2.34. The Morgan fingerprint density at radius 3 is 2.26 bits per heavy atom. The SMILES string of the molecule is O=C(CCN1C(=O)C2=C(CCCC2)C1=O)OCCO. The number of esters is 1. The molecule has 104 valence electrons. The molecular weight excluding hydrogens is 250 g/mol. The summed E-state index contributed by atoms with van der Waals surface area (Å²) in [5.74, 6) is -1.02. The quantitative estimate of drug-likeness (QED) is 0.566. The van der Waals surface area contributed by atoms with Gasteiger partial charge in [-0.1, -0.05) is 0 Å². The number of amides is 2. The minimum absolute atomic E-state index is 0.0297. The van der Waals surface area contributed by atoms with E-state index < -0.39 is 5.97 Å². The van der Waals surface area contributed by atoms with Crippen LogP contribution in [0.25, 0.3) is 0 Å². The molecule has 19 heavy (non-hydrogen) atoms. The van der Waals surface area contributed by atoms with Crippen LogP contribution in [0.3, 0.4) is 0 Å². The first-order chi connectivity index (χ1) is 9.15. The number of carbonyl (C=O) groups is 3. The van der Waals surface area contributed by atoms with Gasteiger partial charge in [-0.05, 0) is 25.7 Å². The van der Waals surface area contributed by atoms with Crippen molar-refractivity contribution in [2.75, 3.05) is 19.8 Å². The molecule has 0 saturated carbocycles. The Labute approximate surface area is 111 Å². The number of aliphatic hydroxyl groups is 1. The second-order valence-electron chi connectivity index (χ2n) is 4.62. The van der Waals surface area contributed by atoms with Crippen LogP contribution >= 0.6 is 0 Å². The van der Waals surface area contributed by atoms with Gasteiger partial charge in [0.25, 0.3) is 11.8 Å². The first-order valence-corrected chi connectivity index (χ1v) is 6.50. The standard InChI is InChI=1S/C13H17NO5/c15-7-8-19-11(16)5-6-14-12(17)9-3-1-2-4-10(9)13(14)18/h15H,1-8H2. The van der Waals surface area contributed by atoms with Crippen molar-refractivity contribution in [3.05, 3.63) is 11.1 Å². The molecule has 6 heteroatoms. The summed E-state index contributed by atoms with van der Waals surface area (Å²) in [6.45, 7) is -0.242. The van der Waals surface area contributed by atoms with Gasteiger partial charge in [0.15, 0.2) is 0 Å². The zero-order chi connectivity index (χ0) is 13.8. The summed E-state index contributed by atoms with van der Waals surface area (Å²) < 4.78 is 4.69. The third-order valence-electron chi connectivity index (χ3n) is 3.37. The summed E-state index contributed by atoms with van der Waals surface area (Å²) >= 11 is 0. The fourth-order valence-corrected chi connectivity index (χ4v) is 2.43.